The summed E-state index contributed by atoms with van der Waals surface area (Å²) in [4.78, 5) is 15.8. The molecule has 3 aromatic rings. The van der Waals surface area contributed by atoms with Crippen molar-refractivity contribution in [3.05, 3.63) is 60.0 Å². The zero-order chi connectivity index (χ0) is 19.4. The average molecular weight is 407 g/mol. The van der Waals surface area contributed by atoms with Crippen molar-refractivity contribution in [2.24, 2.45) is 11.5 Å². The van der Waals surface area contributed by atoms with Gasteiger partial charge >= 0.3 is 0 Å². The number of hydrogen-bond acceptors (Lipinski definition) is 4. The van der Waals surface area contributed by atoms with E-state index in [0.29, 0.717) is 24.1 Å². The minimum atomic E-state index is -0.802. The van der Waals surface area contributed by atoms with Crippen molar-refractivity contribution in [1.29, 1.82) is 0 Å². The summed E-state index contributed by atoms with van der Waals surface area (Å²) < 4.78 is 14.4. The summed E-state index contributed by atoms with van der Waals surface area (Å²) in [5.74, 6) is -0.828. The normalized spacial score (nSPS) is 13.0. The number of nitrogens with one attached hydrogen (secondary N) is 2. The summed E-state index contributed by atoms with van der Waals surface area (Å²) in [7, 11) is 0. The number of fused-ring (bicyclic) bond motifs is 1. The molecule has 7 N–H and O–H groups in total. The highest BCUT2D eigenvalue weighted by molar-refractivity contribution is 6.09. The third kappa shape index (κ3) is 4.51. The molecule has 3 rings (SSSR count). The van der Waals surface area contributed by atoms with E-state index in [1.807, 2.05) is 24.3 Å². The summed E-state index contributed by atoms with van der Waals surface area (Å²) in [6.45, 7) is 0.383. The van der Waals surface area contributed by atoms with Crippen molar-refractivity contribution < 1.29 is 14.3 Å². The van der Waals surface area contributed by atoms with Crippen LogP contribution in [0.15, 0.2) is 48.5 Å². The number of aromatic amines is 1. The van der Waals surface area contributed by atoms with Crippen LogP contribution in [0, 0.1) is 5.82 Å². The number of amides is 1. The van der Waals surface area contributed by atoms with Crippen LogP contribution in [0.3, 0.4) is 0 Å². The first-order valence-electron chi connectivity index (χ1n) is 8.80. The van der Waals surface area contributed by atoms with Gasteiger partial charge in [-0.25, -0.2) is 4.39 Å². The first kappa shape index (κ1) is 21.8. The van der Waals surface area contributed by atoms with E-state index in [4.69, 9.17) is 11.5 Å². The number of benzene rings is 2. The molecule has 0 aliphatic rings. The molecule has 1 unspecified atom stereocenters. The number of rotatable bonds is 7. The van der Waals surface area contributed by atoms with Crippen LogP contribution in [-0.4, -0.2) is 41.2 Å². The van der Waals surface area contributed by atoms with Crippen LogP contribution >= 0.6 is 12.4 Å². The van der Waals surface area contributed by atoms with Gasteiger partial charge in [-0.15, -0.1) is 12.4 Å². The molecule has 0 saturated carbocycles. The van der Waals surface area contributed by atoms with Gasteiger partial charge in [0, 0.05) is 34.6 Å². The van der Waals surface area contributed by atoms with Gasteiger partial charge in [0.1, 0.15) is 11.5 Å². The number of para-hydroxylation sites is 1. The van der Waals surface area contributed by atoms with E-state index in [2.05, 4.69) is 10.3 Å². The van der Waals surface area contributed by atoms with Crippen LogP contribution in [0.1, 0.15) is 16.9 Å². The average Bonchev–Trinajstić information content (AvgIpc) is 3.06. The number of halogens is 2. The number of hydrogen-bond donors (Lipinski definition) is 5. The second kappa shape index (κ2) is 9.66. The van der Waals surface area contributed by atoms with Crippen LogP contribution in [0.25, 0.3) is 22.0 Å². The van der Waals surface area contributed by atoms with Gasteiger partial charge in [0.2, 0.25) is 0 Å². The van der Waals surface area contributed by atoms with E-state index >= 15 is 0 Å². The van der Waals surface area contributed by atoms with Crippen LogP contribution in [0.4, 0.5) is 4.39 Å². The fourth-order valence-electron chi connectivity index (χ4n) is 3.08. The maximum Gasteiger partial charge on any atom is 0.268 e. The van der Waals surface area contributed by atoms with Crippen molar-refractivity contribution in [3.8, 4) is 11.1 Å². The lowest BCUT2D eigenvalue weighted by Crippen LogP contribution is -2.45. The van der Waals surface area contributed by atoms with E-state index < -0.39 is 23.9 Å². The Bertz CT molecular complexity index is 947. The minimum absolute atomic E-state index is 0. The van der Waals surface area contributed by atoms with Crippen LogP contribution in [0.2, 0.25) is 0 Å². The smallest absolute Gasteiger partial charge is 0.268 e. The SMILES string of the molecule is Cl.NCCC(O)[C@@H](N)CNC(=O)c1[nH]c2ccccc2c1-c1ccccc1F. The molecule has 2 aromatic carbocycles. The molecule has 8 heteroatoms. The van der Waals surface area contributed by atoms with Gasteiger partial charge < -0.3 is 26.9 Å². The Morgan fingerprint density at radius 3 is 2.57 bits per heavy atom. The molecule has 0 saturated heterocycles. The van der Waals surface area contributed by atoms with Gasteiger partial charge in [0.15, 0.2) is 0 Å². The highest BCUT2D eigenvalue weighted by atomic mass is 35.5. The van der Waals surface area contributed by atoms with Gasteiger partial charge in [-0.1, -0.05) is 36.4 Å². The number of aromatic nitrogens is 1. The maximum atomic E-state index is 14.4. The summed E-state index contributed by atoms with van der Waals surface area (Å²) in [6, 6.07) is 13.0. The van der Waals surface area contributed by atoms with Crippen molar-refractivity contribution in [1.82, 2.24) is 10.3 Å². The lowest BCUT2D eigenvalue weighted by atomic mass is 10.0. The molecule has 0 spiro atoms. The Labute approximate surface area is 168 Å². The van der Waals surface area contributed by atoms with Gasteiger partial charge in [-0.3, -0.25) is 4.79 Å². The Morgan fingerprint density at radius 2 is 1.86 bits per heavy atom. The number of aliphatic hydroxyl groups excluding tert-OH is 1. The molecule has 0 bridgehead atoms. The van der Waals surface area contributed by atoms with Gasteiger partial charge in [0.05, 0.1) is 6.10 Å². The molecule has 150 valence electrons. The van der Waals surface area contributed by atoms with Gasteiger partial charge in [-0.05, 0) is 25.1 Å². The van der Waals surface area contributed by atoms with Crippen LogP contribution in [0.5, 0.6) is 0 Å². The third-order valence-electron chi connectivity index (χ3n) is 4.53. The maximum absolute atomic E-state index is 14.4. The van der Waals surface area contributed by atoms with Crippen LogP contribution in [-0.2, 0) is 0 Å². The number of carbonyl (C=O) groups is 1. The molecule has 1 heterocycles. The largest absolute Gasteiger partial charge is 0.391 e. The van der Waals surface area contributed by atoms with Crippen molar-refractivity contribution in [3.63, 3.8) is 0 Å². The minimum Gasteiger partial charge on any atom is -0.391 e. The second-order valence-corrected chi connectivity index (χ2v) is 6.42. The molecule has 1 aromatic heterocycles. The van der Waals surface area contributed by atoms with Crippen molar-refractivity contribution >= 4 is 29.2 Å². The van der Waals surface area contributed by atoms with E-state index in [9.17, 15) is 14.3 Å². The van der Waals surface area contributed by atoms with E-state index in [-0.39, 0.29) is 24.6 Å². The summed E-state index contributed by atoms with van der Waals surface area (Å²) >= 11 is 0. The molecule has 0 aliphatic carbocycles. The lowest BCUT2D eigenvalue weighted by Gasteiger charge is -2.18. The fraction of sp³-hybridized carbons (Fsp3) is 0.250. The first-order chi connectivity index (χ1) is 13.0. The third-order valence-corrected chi connectivity index (χ3v) is 4.53. The van der Waals surface area contributed by atoms with Crippen molar-refractivity contribution in [2.75, 3.05) is 13.1 Å². The molecule has 1 amide bonds. The van der Waals surface area contributed by atoms with Crippen molar-refractivity contribution in [2.45, 2.75) is 18.6 Å². The topological polar surface area (TPSA) is 117 Å². The molecular formula is C20H24ClFN4O2. The second-order valence-electron chi connectivity index (χ2n) is 6.42. The highest BCUT2D eigenvalue weighted by Gasteiger charge is 2.22. The monoisotopic (exact) mass is 406 g/mol. The predicted octanol–water partition coefficient (Wildman–Crippen LogP) is 2.16. The molecule has 0 fully saturated rings. The molecule has 0 aliphatic heterocycles. The Kier molecular flexibility index (Phi) is 7.53. The Hall–Kier alpha value is -2.45. The highest BCUT2D eigenvalue weighted by Crippen LogP contribution is 2.33. The molecule has 2 atom stereocenters. The summed E-state index contributed by atoms with van der Waals surface area (Å²) in [5.41, 5.74) is 13.1. The standard InChI is InChI=1S/C20H23FN4O2.ClH/c21-14-7-3-1-5-12(14)18-13-6-2-4-8-16(13)25-19(18)20(27)24-11-15(23)17(26)9-10-22;/h1-8,15,17,25-26H,9-11,22-23H2,(H,24,27);1H/t15-,17?;/m0./s1. The van der Waals surface area contributed by atoms with Gasteiger partial charge in [0.25, 0.3) is 5.91 Å². The van der Waals surface area contributed by atoms with E-state index in [1.54, 1.807) is 18.2 Å². The first-order valence-corrected chi connectivity index (χ1v) is 8.80. The number of aliphatic hydroxyl groups is 1. The quantitative estimate of drug-likeness (QED) is 0.413. The number of carbonyl (C=O) groups excluding carboxylic acids is 1. The zero-order valence-electron chi connectivity index (χ0n) is 15.2. The van der Waals surface area contributed by atoms with E-state index in [0.717, 1.165) is 10.9 Å². The van der Waals surface area contributed by atoms with Crippen LogP contribution < -0.4 is 16.8 Å². The molecule has 6 nitrogen and oxygen atoms in total. The zero-order valence-corrected chi connectivity index (χ0v) is 16.0. The molecular weight excluding hydrogens is 383 g/mol. The Morgan fingerprint density at radius 1 is 1.18 bits per heavy atom. The number of H-pyrrole nitrogens is 1. The molecule has 0 radical (unpaired) electrons. The fourth-order valence-corrected chi connectivity index (χ4v) is 3.08. The van der Waals surface area contributed by atoms with Gasteiger partial charge in [-0.2, -0.15) is 0 Å². The summed E-state index contributed by atoms with van der Waals surface area (Å²) in [5, 5.41) is 13.3. The summed E-state index contributed by atoms with van der Waals surface area (Å²) in [6.07, 6.45) is -0.451. The Balaban J connectivity index is 0.00000280. The predicted molar refractivity (Wildman–Crippen MR) is 111 cm³/mol. The molecule has 28 heavy (non-hydrogen) atoms. The lowest BCUT2D eigenvalue weighted by molar-refractivity contribution is 0.0925. The van der Waals surface area contributed by atoms with E-state index in [1.165, 1.54) is 6.07 Å². The number of nitrogens with two attached hydrogens (primary N) is 2.